The fourth-order valence-electron chi connectivity index (χ4n) is 5.03. The molecule has 2 amide bonds. The number of benzene rings is 3. The van der Waals surface area contributed by atoms with Crippen molar-refractivity contribution in [3.8, 4) is 5.75 Å². The lowest BCUT2D eigenvalue weighted by molar-refractivity contribution is -0.149. The molecule has 0 unspecified atom stereocenters. The van der Waals surface area contributed by atoms with E-state index in [0.717, 1.165) is 10.5 Å². The van der Waals surface area contributed by atoms with Gasteiger partial charge in [-0.2, -0.15) is 0 Å². The number of carbonyl (C=O) groups is 2. The molecular formula is C30H30N2O7S. The quantitative estimate of drug-likeness (QED) is 0.396. The van der Waals surface area contributed by atoms with Crippen molar-refractivity contribution in [2.45, 2.75) is 42.8 Å². The van der Waals surface area contributed by atoms with Gasteiger partial charge in [-0.1, -0.05) is 42.5 Å². The number of rotatable bonds is 9. The highest BCUT2D eigenvalue weighted by molar-refractivity contribution is 7.91. The predicted molar refractivity (Wildman–Crippen MR) is 148 cm³/mol. The van der Waals surface area contributed by atoms with Gasteiger partial charge in [0, 0.05) is 37.5 Å². The minimum atomic E-state index is -3.77. The van der Waals surface area contributed by atoms with Crippen LogP contribution >= 0.6 is 0 Å². The maximum atomic E-state index is 14.2. The van der Waals surface area contributed by atoms with Crippen LogP contribution in [0.2, 0.25) is 0 Å². The molecular weight excluding hydrogens is 532 g/mol. The molecule has 0 radical (unpaired) electrons. The molecule has 0 fully saturated rings. The van der Waals surface area contributed by atoms with Crippen molar-refractivity contribution in [3.05, 3.63) is 95.6 Å². The Bertz CT molecular complexity index is 1540. The minimum Gasteiger partial charge on any atom is -0.494 e. The van der Waals surface area contributed by atoms with Crippen molar-refractivity contribution in [1.29, 1.82) is 0 Å². The second-order valence-electron chi connectivity index (χ2n) is 9.78. The summed E-state index contributed by atoms with van der Waals surface area (Å²) in [6.07, 6.45) is -0.610. The molecule has 208 valence electrons. The van der Waals surface area contributed by atoms with Gasteiger partial charge >= 0.3 is 0 Å². The lowest BCUT2D eigenvalue weighted by Gasteiger charge is -2.31. The van der Waals surface area contributed by atoms with Gasteiger partial charge in [-0.3, -0.25) is 14.5 Å². The summed E-state index contributed by atoms with van der Waals surface area (Å²) in [7, 11) is -3.77. The highest BCUT2D eigenvalue weighted by Gasteiger charge is 2.57. The number of aliphatic hydroxyl groups excluding tert-OH is 1. The number of nitrogens with zero attached hydrogens (tertiary/aromatic N) is 2. The number of carbonyl (C=O) groups excluding carboxylic acids is 2. The van der Waals surface area contributed by atoms with Gasteiger partial charge in [-0.05, 0) is 42.0 Å². The standard InChI is InChI=1S/C30H30N2O7S/c1-21(34)32-20-23-8-5-6-11-26(23)27-30(29(32)35,16-19-40(36,37)25-9-3-2-4-10-25)31-28(39-27)22-12-14-24(15-13-22)38-18-7-17-33/h2-6,8-15,27,33H,7,16-20H2,1H3/t27-,30-/m0/s1. The average Bonchev–Trinajstić information content (AvgIpc) is 3.32. The van der Waals surface area contributed by atoms with Gasteiger partial charge in [0.1, 0.15) is 5.75 Å². The van der Waals surface area contributed by atoms with Gasteiger partial charge in [0.25, 0.3) is 5.91 Å². The topological polar surface area (TPSA) is 123 Å². The zero-order chi connectivity index (χ0) is 28.3. The number of ether oxygens (including phenoxy) is 2. The van der Waals surface area contributed by atoms with E-state index in [0.29, 0.717) is 29.9 Å². The first-order valence-electron chi connectivity index (χ1n) is 13.0. The van der Waals surface area contributed by atoms with Crippen molar-refractivity contribution >= 4 is 27.5 Å². The molecule has 0 aliphatic carbocycles. The highest BCUT2D eigenvalue weighted by atomic mass is 32.2. The van der Waals surface area contributed by atoms with E-state index in [4.69, 9.17) is 19.6 Å². The van der Waals surface area contributed by atoms with E-state index in [-0.39, 0.29) is 36.1 Å². The van der Waals surface area contributed by atoms with Crippen molar-refractivity contribution in [2.75, 3.05) is 19.0 Å². The van der Waals surface area contributed by atoms with Crippen LogP contribution in [0.5, 0.6) is 5.75 Å². The first-order valence-corrected chi connectivity index (χ1v) is 14.7. The van der Waals surface area contributed by atoms with Crippen molar-refractivity contribution < 1.29 is 32.6 Å². The number of amides is 2. The van der Waals surface area contributed by atoms with E-state index in [1.54, 1.807) is 42.5 Å². The molecule has 2 aliphatic heterocycles. The van der Waals surface area contributed by atoms with Crippen LogP contribution in [0.25, 0.3) is 0 Å². The van der Waals surface area contributed by atoms with Crippen LogP contribution in [-0.4, -0.2) is 60.6 Å². The van der Waals surface area contributed by atoms with Crippen LogP contribution in [0, 0.1) is 0 Å². The van der Waals surface area contributed by atoms with Crippen molar-refractivity contribution in [3.63, 3.8) is 0 Å². The number of aliphatic imine (C=N–C) groups is 1. The van der Waals surface area contributed by atoms with Crippen molar-refractivity contribution in [1.82, 2.24) is 4.90 Å². The molecule has 9 nitrogen and oxygen atoms in total. The second-order valence-corrected chi connectivity index (χ2v) is 11.9. The van der Waals surface area contributed by atoms with Crippen LogP contribution in [-0.2, 0) is 30.7 Å². The Morgan fingerprint density at radius 1 is 1.07 bits per heavy atom. The fraction of sp³-hybridized carbons (Fsp3) is 0.300. The summed E-state index contributed by atoms with van der Waals surface area (Å²) >= 11 is 0. The van der Waals surface area contributed by atoms with Gasteiger partial charge < -0.3 is 14.6 Å². The van der Waals surface area contributed by atoms with E-state index < -0.39 is 33.3 Å². The molecule has 3 aromatic carbocycles. The molecule has 0 aromatic heterocycles. The smallest absolute Gasteiger partial charge is 0.261 e. The molecule has 0 saturated carbocycles. The lowest BCUT2D eigenvalue weighted by Crippen LogP contribution is -2.50. The van der Waals surface area contributed by atoms with E-state index in [1.807, 2.05) is 24.3 Å². The number of imide groups is 1. The summed E-state index contributed by atoms with van der Waals surface area (Å²) in [5, 5.41) is 8.98. The third-order valence-electron chi connectivity index (χ3n) is 7.15. The zero-order valence-electron chi connectivity index (χ0n) is 22.0. The lowest BCUT2D eigenvalue weighted by atomic mass is 9.84. The Morgan fingerprint density at radius 2 is 1.77 bits per heavy atom. The molecule has 2 aliphatic rings. The molecule has 2 atom stereocenters. The van der Waals surface area contributed by atoms with Gasteiger partial charge in [-0.15, -0.1) is 0 Å². The third-order valence-corrected chi connectivity index (χ3v) is 8.88. The number of hydrogen-bond acceptors (Lipinski definition) is 8. The van der Waals surface area contributed by atoms with Crippen LogP contribution < -0.4 is 4.74 Å². The highest BCUT2D eigenvalue weighted by Crippen LogP contribution is 2.47. The third kappa shape index (κ3) is 5.24. The first kappa shape index (κ1) is 27.5. The van der Waals surface area contributed by atoms with Gasteiger partial charge in [-0.25, -0.2) is 13.4 Å². The zero-order valence-corrected chi connectivity index (χ0v) is 22.8. The van der Waals surface area contributed by atoms with Crippen LogP contribution in [0.15, 0.2) is 88.8 Å². The molecule has 2 heterocycles. The molecule has 3 aromatic rings. The average molecular weight is 563 g/mol. The van der Waals surface area contributed by atoms with E-state index >= 15 is 0 Å². The molecule has 0 bridgehead atoms. The van der Waals surface area contributed by atoms with E-state index in [2.05, 4.69) is 0 Å². The summed E-state index contributed by atoms with van der Waals surface area (Å²) in [6, 6.07) is 22.3. The summed E-state index contributed by atoms with van der Waals surface area (Å²) in [5.41, 5.74) is 0.311. The number of hydrogen-bond donors (Lipinski definition) is 1. The SMILES string of the molecule is CC(=O)N1Cc2ccccc2[C@@H]2OC(c3ccc(OCCCO)cc3)=N[C@]2(CCS(=O)(=O)c2ccccc2)C1=O. The summed E-state index contributed by atoms with van der Waals surface area (Å²) in [6.45, 7) is 1.74. The number of fused-ring (bicyclic) bond motifs is 3. The maximum absolute atomic E-state index is 14.2. The Kier molecular flexibility index (Phi) is 7.73. The largest absolute Gasteiger partial charge is 0.494 e. The first-order chi connectivity index (χ1) is 19.2. The summed E-state index contributed by atoms with van der Waals surface area (Å²) in [4.78, 5) is 32.9. The summed E-state index contributed by atoms with van der Waals surface area (Å²) < 4.78 is 38.6. The van der Waals surface area contributed by atoms with Gasteiger partial charge in [0.05, 0.1) is 23.8 Å². The fourth-order valence-corrected chi connectivity index (χ4v) is 6.42. The Morgan fingerprint density at radius 3 is 2.48 bits per heavy atom. The van der Waals surface area contributed by atoms with E-state index in [9.17, 15) is 18.0 Å². The Labute approximate surface area is 233 Å². The Balaban J connectivity index is 1.58. The number of sulfone groups is 1. The second kappa shape index (κ2) is 11.2. The predicted octanol–water partition coefficient (Wildman–Crippen LogP) is 3.46. The molecule has 0 saturated heterocycles. The monoisotopic (exact) mass is 562 g/mol. The summed E-state index contributed by atoms with van der Waals surface area (Å²) in [5.74, 6) is -0.650. The molecule has 40 heavy (non-hydrogen) atoms. The van der Waals surface area contributed by atoms with Gasteiger partial charge in [0.15, 0.2) is 21.5 Å². The van der Waals surface area contributed by atoms with Crippen LogP contribution in [0.4, 0.5) is 0 Å². The maximum Gasteiger partial charge on any atom is 0.261 e. The molecule has 5 rings (SSSR count). The normalized spacial score (nSPS) is 20.1. The molecule has 10 heteroatoms. The minimum absolute atomic E-state index is 0.0268. The van der Waals surface area contributed by atoms with E-state index in [1.165, 1.54) is 19.1 Å². The molecule has 0 spiro atoms. The Hall–Kier alpha value is -4.02. The van der Waals surface area contributed by atoms with Crippen LogP contribution in [0.3, 0.4) is 0 Å². The van der Waals surface area contributed by atoms with Crippen molar-refractivity contribution in [2.24, 2.45) is 4.99 Å². The molecule has 1 N–H and O–H groups in total. The van der Waals surface area contributed by atoms with Gasteiger partial charge in [0.2, 0.25) is 11.8 Å². The number of aliphatic hydroxyl groups is 1. The van der Waals surface area contributed by atoms with Crippen LogP contribution in [0.1, 0.15) is 42.6 Å².